The van der Waals surface area contributed by atoms with Gasteiger partial charge in [-0.15, -0.1) is 0 Å². The van der Waals surface area contributed by atoms with E-state index in [1.807, 2.05) is 0 Å². The molecule has 5 nitrogen and oxygen atoms in total. The van der Waals surface area contributed by atoms with Crippen molar-refractivity contribution in [3.63, 3.8) is 0 Å². The summed E-state index contributed by atoms with van der Waals surface area (Å²) in [6, 6.07) is 4.33. The molecule has 1 heterocycles. The van der Waals surface area contributed by atoms with E-state index < -0.39 is 18.0 Å². The molecule has 0 radical (unpaired) electrons. The first-order chi connectivity index (χ1) is 11.1. The number of hydrogen-bond donors (Lipinski definition) is 1. The zero-order valence-corrected chi connectivity index (χ0v) is 13.6. The molecule has 24 heavy (non-hydrogen) atoms. The van der Waals surface area contributed by atoms with E-state index in [-0.39, 0.29) is 48.7 Å². The topological polar surface area (TPSA) is 66.6 Å². The first-order valence-corrected chi connectivity index (χ1v) is 7.58. The quantitative estimate of drug-likeness (QED) is 0.839. The van der Waals surface area contributed by atoms with Gasteiger partial charge in [0.2, 0.25) is 0 Å². The first-order valence-electron chi connectivity index (χ1n) is 7.58. The molecule has 1 aliphatic heterocycles. The van der Waals surface area contributed by atoms with Crippen LogP contribution in [0.2, 0.25) is 0 Å². The van der Waals surface area contributed by atoms with Gasteiger partial charge >= 0.3 is 6.18 Å². The molecule has 132 valence electrons. The largest absolute Gasteiger partial charge is 0.399 e. The summed E-state index contributed by atoms with van der Waals surface area (Å²) >= 11 is 0. The molecule has 2 N–H and O–H groups in total. The lowest BCUT2D eigenvalue weighted by Crippen LogP contribution is -2.42. The second kappa shape index (κ2) is 6.70. The smallest absolute Gasteiger partial charge is 0.391 e. The number of alkyl halides is 3. The number of nitrogen functional groups attached to an aromatic ring is 1. The standard InChI is InChI=1S/C16H20F3N3O2/c1-21(2)14(23)10-7-11(9-13(20)8-10)15(24)22-5-3-12(4-6-22)16(17,18)19/h7-9,12H,3-6,20H2,1-2H3. The lowest BCUT2D eigenvalue weighted by Gasteiger charge is -2.33. The van der Waals surface area contributed by atoms with E-state index in [2.05, 4.69) is 0 Å². The number of carbonyl (C=O) groups is 2. The number of nitrogens with two attached hydrogens (primary N) is 1. The minimum absolute atomic E-state index is 0.0365. The van der Waals surface area contributed by atoms with E-state index in [0.717, 1.165) is 0 Å². The highest BCUT2D eigenvalue weighted by molar-refractivity contribution is 6.00. The van der Waals surface area contributed by atoms with Gasteiger partial charge < -0.3 is 15.5 Å². The van der Waals surface area contributed by atoms with Gasteiger partial charge in [0, 0.05) is 44.0 Å². The van der Waals surface area contributed by atoms with Crippen molar-refractivity contribution in [2.45, 2.75) is 19.0 Å². The Balaban J connectivity index is 2.15. The van der Waals surface area contributed by atoms with Gasteiger partial charge in [0.25, 0.3) is 11.8 Å². The van der Waals surface area contributed by atoms with Crippen molar-refractivity contribution in [1.82, 2.24) is 9.80 Å². The highest BCUT2D eigenvalue weighted by Gasteiger charge is 2.41. The van der Waals surface area contributed by atoms with Crippen LogP contribution < -0.4 is 5.73 Å². The van der Waals surface area contributed by atoms with E-state index in [9.17, 15) is 22.8 Å². The summed E-state index contributed by atoms with van der Waals surface area (Å²) in [6.45, 7) is 0.0730. The molecule has 0 aliphatic carbocycles. The first kappa shape index (κ1) is 18.1. The van der Waals surface area contributed by atoms with Crippen LogP contribution in [-0.2, 0) is 0 Å². The van der Waals surface area contributed by atoms with Gasteiger partial charge in [0.15, 0.2) is 0 Å². The van der Waals surface area contributed by atoms with Crippen molar-refractivity contribution >= 4 is 17.5 Å². The van der Waals surface area contributed by atoms with E-state index in [4.69, 9.17) is 5.73 Å². The number of benzene rings is 1. The van der Waals surface area contributed by atoms with E-state index >= 15 is 0 Å². The lowest BCUT2D eigenvalue weighted by molar-refractivity contribution is -0.183. The van der Waals surface area contributed by atoms with E-state index in [0.29, 0.717) is 0 Å². The zero-order chi connectivity index (χ0) is 18.1. The maximum atomic E-state index is 12.7. The van der Waals surface area contributed by atoms with Gasteiger partial charge in [-0.2, -0.15) is 13.2 Å². The van der Waals surface area contributed by atoms with Crippen molar-refractivity contribution in [1.29, 1.82) is 0 Å². The summed E-state index contributed by atoms with van der Waals surface area (Å²) in [6.07, 6.45) is -4.44. The third-order valence-electron chi connectivity index (χ3n) is 4.10. The Morgan fingerprint density at radius 2 is 1.67 bits per heavy atom. The Morgan fingerprint density at radius 3 is 2.17 bits per heavy atom. The monoisotopic (exact) mass is 343 g/mol. The van der Waals surface area contributed by atoms with E-state index in [1.165, 1.54) is 28.0 Å². The maximum Gasteiger partial charge on any atom is 0.391 e. The second-order valence-corrected chi connectivity index (χ2v) is 6.15. The molecule has 0 atom stereocenters. The Kier molecular flexibility index (Phi) is 5.05. The Bertz CT molecular complexity index is 636. The number of rotatable bonds is 2. The molecule has 1 aliphatic rings. The van der Waals surface area contributed by atoms with E-state index in [1.54, 1.807) is 14.1 Å². The Morgan fingerprint density at radius 1 is 1.12 bits per heavy atom. The molecule has 0 spiro atoms. The highest BCUT2D eigenvalue weighted by atomic mass is 19.4. The van der Waals surface area contributed by atoms with Gasteiger partial charge in [0.1, 0.15) is 0 Å². The molecule has 2 amide bonds. The van der Waals surface area contributed by atoms with Crippen LogP contribution in [0, 0.1) is 5.92 Å². The van der Waals surface area contributed by atoms with Gasteiger partial charge in [-0.3, -0.25) is 9.59 Å². The predicted molar refractivity (Wildman–Crippen MR) is 83.6 cm³/mol. The third-order valence-corrected chi connectivity index (χ3v) is 4.10. The van der Waals surface area contributed by atoms with Crippen molar-refractivity contribution in [2.75, 3.05) is 32.9 Å². The molecule has 2 rings (SSSR count). The fraction of sp³-hybridized carbons (Fsp3) is 0.500. The average molecular weight is 343 g/mol. The molecule has 0 saturated carbocycles. The maximum absolute atomic E-state index is 12.7. The minimum Gasteiger partial charge on any atom is -0.399 e. The Labute approximate surface area is 138 Å². The van der Waals surface area contributed by atoms with Gasteiger partial charge in [-0.1, -0.05) is 0 Å². The molecule has 0 bridgehead atoms. The van der Waals surface area contributed by atoms with Crippen LogP contribution in [0.4, 0.5) is 18.9 Å². The number of likely N-dealkylation sites (tertiary alicyclic amines) is 1. The number of nitrogens with zero attached hydrogens (tertiary/aromatic N) is 2. The summed E-state index contributed by atoms with van der Waals surface area (Å²) < 4.78 is 38.1. The van der Waals surface area contributed by atoms with Crippen molar-refractivity contribution in [3.05, 3.63) is 29.3 Å². The highest BCUT2D eigenvalue weighted by Crippen LogP contribution is 2.34. The summed E-state index contributed by atoms with van der Waals surface area (Å²) in [7, 11) is 3.16. The molecule has 1 saturated heterocycles. The van der Waals surface area contributed by atoms with Gasteiger partial charge in [-0.05, 0) is 31.0 Å². The van der Waals surface area contributed by atoms with Crippen LogP contribution in [0.3, 0.4) is 0 Å². The average Bonchev–Trinajstić information content (AvgIpc) is 2.52. The molecule has 8 heteroatoms. The summed E-state index contributed by atoms with van der Waals surface area (Å²) in [5, 5.41) is 0. The fourth-order valence-electron chi connectivity index (χ4n) is 2.75. The van der Waals surface area contributed by atoms with Crippen LogP contribution in [0.15, 0.2) is 18.2 Å². The number of anilines is 1. The fourth-order valence-corrected chi connectivity index (χ4v) is 2.75. The SMILES string of the molecule is CN(C)C(=O)c1cc(N)cc(C(=O)N2CCC(C(F)(F)F)CC2)c1. The van der Waals surface area contributed by atoms with Crippen molar-refractivity contribution in [2.24, 2.45) is 5.92 Å². The predicted octanol–water partition coefficient (Wildman–Crippen LogP) is 2.39. The van der Waals surface area contributed by atoms with Gasteiger partial charge in [0.05, 0.1) is 5.92 Å². The molecule has 1 aromatic rings. The summed E-state index contributed by atoms with van der Waals surface area (Å²) in [5.74, 6) is -2.07. The third kappa shape index (κ3) is 3.98. The number of piperidine rings is 1. The summed E-state index contributed by atoms with van der Waals surface area (Å²) in [4.78, 5) is 27.3. The second-order valence-electron chi connectivity index (χ2n) is 6.15. The number of halogens is 3. The molecule has 0 aromatic heterocycles. The van der Waals surface area contributed by atoms with Crippen molar-refractivity contribution < 1.29 is 22.8 Å². The molecular formula is C16H20F3N3O2. The summed E-state index contributed by atoms with van der Waals surface area (Å²) in [5.41, 5.74) is 6.50. The molecule has 1 aromatic carbocycles. The van der Waals surface area contributed by atoms with Crippen LogP contribution in [0.1, 0.15) is 33.6 Å². The van der Waals surface area contributed by atoms with Crippen LogP contribution in [0.25, 0.3) is 0 Å². The minimum atomic E-state index is -4.22. The molecule has 1 fully saturated rings. The van der Waals surface area contributed by atoms with Crippen molar-refractivity contribution in [3.8, 4) is 0 Å². The zero-order valence-electron chi connectivity index (χ0n) is 13.6. The van der Waals surface area contributed by atoms with Gasteiger partial charge in [-0.25, -0.2) is 0 Å². The van der Waals surface area contributed by atoms with Crippen LogP contribution in [0.5, 0.6) is 0 Å². The lowest BCUT2D eigenvalue weighted by atomic mass is 9.95. The Hall–Kier alpha value is -2.25. The number of amides is 2. The number of carbonyl (C=O) groups excluding carboxylic acids is 2. The van der Waals surface area contributed by atoms with Crippen LogP contribution in [-0.4, -0.2) is 55.0 Å². The van der Waals surface area contributed by atoms with Crippen LogP contribution >= 0.6 is 0 Å². The molecular weight excluding hydrogens is 323 g/mol. The normalized spacial score (nSPS) is 16.1. The number of hydrogen-bond acceptors (Lipinski definition) is 3. The molecule has 0 unspecified atom stereocenters.